The Morgan fingerprint density at radius 1 is 1.09 bits per heavy atom. The van der Waals surface area contributed by atoms with Gasteiger partial charge in [0.05, 0.1) is 5.69 Å². The van der Waals surface area contributed by atoms with E-state index in [2.05, 4.69) is 15.3 Å². The molecule has 0 radical (unpaired) electrons. The Kier molecular flexibility index (Phi) is 4.32. The first-order valence-corrected chi connectivity index (χ1v) is 7.73. The average molecular weight is 296 g/mol. The normalized spacial score (nSPS) is 15.5. The summed E-state index contributed by atoms with van der Waals surface area (Å²) in [5, 5.41) is 3.36. The van der Waals surface area contributed by atoms with E-state index in [0.717, 1.165) is 18.4 Å². The molecule has 3 rings (SSSR count). The van der Waals surface area contributed by atoms with Crippen LogP contribution in [0.5, 0.6) is 0 Å². The van der Waals surface area contributed by atoms with Crippen molar-refractivity contribution in [3.63, 3.8) is 0 Å². The van der Waals surface area contributed by atoms with Crippen molar-refractivity contribution in [2.45, 2.75) is 38.1 Å². The van der Waals surface area contributed by atoms with Gasteiger partial charge < -0.3 is 11.1 Å². The van der Waals surface area contributed by atoms with Gasteiger partial charge in [-0.2, -0.15) is 0 Å². The fraction of sp³-hybridized carbons (Fsp3) is 0.353. The van der Waals surface area contributed by atoms with Crippen molar-refractivity contribution >= 4 is 11.9 Å². The molecule has 0 saturated heterocycles. The van der Waals surface area contributed by atoms with E-state index in [9.17, 15) is 4.79 Å². The van der Waals surface area contributed by atoms with Crippen molar-refractivity contribution in [3.05, 3.63) is 42.1 Å². The van der Waals surface area contributed by atoms with Gasteiger partial charge in [-0.25, -0.2) is 9.97 Å². The number of carbonyl (C=O) groups excluding carboxylic acids is 1. The standard InChI is InChI=1S/C17H20N4O/c18-16(22)15-11-14(12-7-3-1-4-8-12)20-17(21-15)19-13-9-5-2-6-10-13/h1,3-4,7-8,11,13H,2,5-6,9-10H2,(H2,18,22)(H,19,20,21). The molecule has 114 valence electrons. The first-order valence-electron chi connectivity index (χ1n) is 7.73. The second-order valence-electron chi connectivity index (χ2n) is 5.67. The van der Waals surface area contributed by atoms with Crippen molar-refractivity contribution in [2.24, 2.45) is 5.73 Å². The third-order valence-corrected chi connectivity index (χ3v) is 3.99. The highest BCUT2D eigenvalue weighted by Crippen LogP contribution is 2.23. The number of hydrogen-bond donors (Lipinski definition) is 2. The average Bonchev–Trinajstić information content (AvgIpc) is 2.56. The molecule has 1 saturated carbocycles. The van der Waals surface area contributed by atoms with Crippen molar-refractivity contribution in [2.75, 3.05) is 5.32 Å². The second kappa shape index (κ2) is 6.56. The van der Waals surface area contributed by atoms with Crippen molar-refractivity contribution in [1.29, 1.82) is 0 Å². The number of nitrogens with one attached hydrogen (secondary N) is 1. The minimum Gasteiger partial charge on any atom is -0.364 e. The number of carbonyl (C=O) groups is 1. The minimum atomic E-state index is -0.536. The summed E-state index contributed by atoms with van der Waals surface area (Å²) in [5.74, 6) is -0.0478. The van der Waals surface area contributed by atoms with Crippen LogP contribution in [0.1, 0.15) is 42.6 Å². The lowest BCUT2D eigenvalue weighted by Crippen LogP contribution is -2.24. The maximum atomic E-state index is 11.5. The summed E-state index contributed by atoms with van der Waals surface area (Å²) >= 11 is 0. The van der Waals surface area contributed by atoms with Crippen molar-refractivity contribution in [3.8, 4) is 11.3 Å². The number of nitrogens with two attached hydrogens (primary N) is 1. The summed E-state index contributed by atoms with van der Waals surface area (Å²) < 4.78 is 0. The Balaban J connectivity index is 1.91. The summed E-state index contributed by atoms with van der Waals surface area (Å²) in [4.78, 5) is 20.3. The first-order chi connectivity index (χ1) is 10.7. The Hall–Kier alpha value is -2.43. The minimum absolute atomic E-state index is 0.243. The number of aromatic nitrogens is 2. The highest BCUT2D eigenvalue weighted by atomic mass is 16.1. The van der Waals surface area contributed by atoms with Crippen LogP contribution in [-0.4, -0.2) is 21.9 Å². The Morgan fingerprint density at radius 3 is 2.50 bits per heavy atom. The zero-order chi connectivity index (χ0) is 15.4. The third-order valence-electron chi connectivity index (χ3n) is 3.99. The quantitative estimate of drug-likeness (QED) is 0.908. The van der Waals surface area contributed by atoms with Crippen LogP contribution in [0, 0.1) is 0 Å². The van der Waals surface area contributed by atoms with Crippen LogP contribution >= 0.6 is 0 Å². The fourth-order valence-electron chi connectivity index (χ4n) is 2.82. The van der Waals surface area contributed by atoms with E-state index in [0.29, 0.717) is 17.7 Å². The number of amides is 1. The molecule has 1 heterocycles. The summed E-state index contributed by atoms with van der Waals surface area (Å²) in [5.41, 5.74) is 7.30. The Labute approximate surface area is 130 Å². The first kappa shape index (κ1) is 14.5. The molecule has 1 fully saturated rings. The zero-order valence-corrected chi connectivity index (χ0v) is 12.5. The Bertz CT molecular complexity index is 651. The molecule has 0 spiro atoms. The van der Waals surface area contributed by atoms with Gasteiger partial charge in [-0.3, -0.25) is 4.79 Å². The number of anilines is 1. The second-order valence-corrected chi connectivity index (χ2v) is 5.67. The molecule has 1 aliphatic rings. The number of primary amides is 1. The van der Waals surface area contributed by atoms with E-state index in [4.69, 9.17) is 5.73 Å². The lowest BCUT2D eigenvalue weighted by atomic mass is 9.96. The van der Waals surface area contributed by atoms with Crippen molar-refractivity contribution < 1.29 is 4.79 Å². The number of hydrogen-bond acceptors (Lipinski definition) is 4. The topological polar surface area (TPSA) is 80.9 Å². The molecule has 1 aromatic carbocycles. The summed E-state index contributed by atoms with van der Waals surface area (Å²) in [6.45, 7) is 0. The predicted molar refractivity (Wildman–Crippen MR) is 86.5 cm³/mol. The van der Waals surface area contributed by atoms with Crippen LogP contribution in [-0.2, 0) is 0 Å². The lowest BCUT2D eigenvalue weighted by Gasteiger charge is -2.23. The maximum Gasteiger partial charge on any atom is 0.267 e. The number of benzene rings is 1. The summed E-state index contributed by atoms with van der Waals surface area (Å²) in [7, 11) is 0. The van der Waals surface area contributed by atoms with Crippen LogP contribution in [0.25, 0.3) is 11.3 Å². The summed E-state index contributed by atoms with van der Waals surface area (Å²) in [6, 6.07) is 11.8. The summed E-state index contributed by atoms with van der Waals surface area (Å²) in [6.07, 6.45) is 5.96. The van der Waals surface area contributed by atoms with Gasteiger partial charge in [0.25, 0.3) is 5.91 Å². The third kappa shape index (κ3) is 3.42. The molecule has 22 heavy (non-hydrogen) atoms. The fourth-order valence-corrected chi connectivity index (χ4v) is 2.82. The molecule has 5 nitrogen and oxygen atoms in total. The molecular weight excluding hydrogens is 276 g/mol. The molecule has 1 aromatic heterocycles. The van der Waals surface area contributed by atoms with Gasteiger partial charge in [0.15, 0.2) is 0 Å². The van der Waals surface area contributed by atoms with Crippen LogP contribution in [0.4, 0.5) is 5.95 Å². The highest BCUT2D eigenvalue weighted by Gasteiger charge is 2.16. The monoisotopic (exact) mass is 296 g/mol. The molecule has 0 bridgehead atoms. The van der Waals surface area contributed by atoms with Gasteiger partial charge in [-0.05, 0) is 18.9 Å². The number of nitrogens with zero attached hydrogens (tertiary/aromatic N) is 2. The lowest BCUT2D eigenvalue weighted by molar-refractivity contribution is 0.0995. The van der Waals surface area contributed by atoms with Gasteiger partial charge >= 0.3 is 0 Å². The van der Waals surface area contributed by atoms with E-state index in [1.165, 1.54) is 19.3 Å². The molecule has 0 atom stereocenters. The zero-order valence-electron chi connectivity index (χ0n) is 12.5. The smallest absolute Gasteiger partial charge is 0.267 e. The largest absolute Gasteiger partial charge is 0.364 e. The van der Waals surface area contributed by atoms with Gasteiger partial charge in [0.2, 0.25) is 5.95 Å². The molecule has 3 N–H and O–H groups in total. The van der Waals surface area contributed by atoms with Gasteiger partial charge in [-0.15, -0.1) is 0 Å². The molecule has 1 amide bonds. The number of rotatable bonds is 4. The molecule has 1 aliphatic carbocycles. The molecule has 0 unspecified atom stereocenters. The van der Waals surface area contributed by atoms with E-state index in [-0.39, 0.29) is 5.69 Å². The van der Waals surface area contributed by atoms with E-state index in [1.54, 1.807) is 6.07 Å². The van der Waals surface area contributed by atoms with E-state index in [1.807, 2.05) is 30.3 Å². The van der Waals surface area contributed by atoms with Crippen LogP contribution < -0.4 is 11.1 Å². The molecule has 0 aliphatic heterocycles. The highest BCUT2D eigenvalue weighted by molar-refractivity contribution is 5.92. The Morgan fingerprint density at radius 2 is 1.82 bits per heavy atom. The molecule has 5 heteroatoms. The van der Waals surface area contributed by atoms with E-state index < -0.39 is 5.91 Å². The van der Waals surface area contributed by atoms with E-state index >= 15 is 0 Å². The van der Waals surface area contributed by atoms with Gasteiger partial charge in [0.1, 0.15) is 5.69 Å². The van der Waals surface area contributed by atoms with Gasteiger partial charge in [-0.1, -0.05) is 49.6 Å². The van der Waals surface area contributed by atoms with Crippen LogP contribution in [0.15, 0.2) is 36.4 Å². The molecular formula is C17H20N4O. The molecule has 2 aromatic rings. The SMILES string of the molecule is NC(=O)c1cc(-c2ccccc2)nc(NC2CCCCC2)n1. The van der Waals surface area contributed by atoms with Crippen LogP contribution in [0.2, 0.25) is 0 Å². The van der Waals surface area contributed by atoms with Crippen molar-refractivity contribution in [1.82, 2.24) is 9.97 Å². The van der Waals surface area contributed by atoms with Gasteiger partial charge in [0, 0.05) is 11.6 Å². The maximum absolute atomic E-state index is 11.5. The predicted octanol–water partition coefficient (Wildman–Crippen LogP) is 2.99. The van der Waals surface area contributed by atoms with Crippen LogP contribution in [0.3, 0.4) is 0 Å².